The maximum absolute atomic E-state index is 5.39. The maximum Gasteiger partial charge on any atom is 0.135 e. The van der Waals surface area contributed by atoms with E-state index in [1.54, 1.807) is 0 Å². The molecule has 5 heteroatoms. The van der Waals surface area contributed by atoms with Crippen molar-refractivity contribution >= 4 is 16.5 Å². The fourth-order valence-corrected chi connectivity index (χ4v) is 1.26. The van der Waals surface area contributed by atoms with Gasteiger partial charge in [-0.25, -0.2) is 0 Å². The Morgan fingerprint density at radius 1 is 1.58 bits per heavy atom. The molecule has 0 saturated carbocycles. The highest BCUT2D eigenvalue weighted by atomic mass is 32.1. The second kappa shape index (κ2) is 4.37. The molecule has 0 aliphatic carbocycles. The Morgan fingerprint density at radius 3 is 2.92 bits per heavy atom. The van der Waals surface area contributed by atoms with Crippen molar-refractivity contribution in [2.24, 2.45) is 0 Å². The molecule has 0 atom stereocenters. The first kappa shape index (κ1) is 9.41. The van der Waals surface area contributed by atoms with Crippen LogP contribution in [0, 0.1) is 0 Å². The van der Waals surface area contributed by atoms with Crippen molar-refractivity contribution in [2.45, 2.75) is 26.6 Å². The van der Waals surface area contributed by atoms with E-state index in [2.05, 4.69) is 14.9 Å². The Morgan fingerprint density at radius 2 is 2.33 bits per heavy atom. The minimum atomic E-state index is 0.233. The third-order valence-corrected chi connectivity index (χ3v) is 2.12. The summed E-state index contributed by atoms with van der Waals surface area (Å²) in [5, 5.41) is 7.93. The third kappa shape index (κ3) is 2.42. The van der Waals surface area contributed by atoms with Gasteiger partial charge in [0.05, 0.1) is 12.7 Å². The fraction of sp³-hybridized carbons (Fsp3) is 0.714. The number of nitrogens with zero attached hydrogens (tertiary/aromatic N) is 2. The third-order valence-electron chi connectivity index (χ3n) is 1.34. The predicted molar refractivity (Wildman–Crippen MR) is 49.4 cm³/mol. The Labute approximate surface area is 76.1 Å². The minimum absolute atomic E-state index is 0.233. The quantitative estimate of drug-likeness (QED) is 0.776. The van der Waals surface area contributed by atoms with Gasteiger partial charge in [-0.2, -0.15) is 0 Å². The molecule has 1 rings (SSSR count). The van der Waals surface area contributed by atoms with Gasteiger partial charge in [0.1, 0.15) is 10.7 Å². The van der Waals surface area contributed by atoms with E-state index in [0.29, 0.717) is 6.61 Å². The number of hydrogen-bond donors (Lipinski definition) is 1. The molecule has 0 saturated heterocycles. The van der Waals surface area contributed by atoms with Crippen LogP contribution >= 0.6 is 11.5 Å². The molecule has 0 bridgehead atoms. The van der Waals surface area contributed by atoms with E-state index in [4.69, 9.17) is 4.74 Å². The van der Waals surface area contributed by atoms with Crippen LogP contribution in [0.4, 0.5) is 5.00 Å². The van der Waals surface area contributed by atoms with Crippen LogP contribution in [-0.4, -0.2) is 22.7 Å². The van der Waals surface area contributed by atoms with E-state index in [-0.39, 0.29) is 6.10 Å². The zero-order valence-electron chi connectivity index (χ0n) is 7.50. The normalized spacial score (nSPS) is 10.7. The van der Waals surface area contributed by atoms with Gasteiger partial charge in [-0.1, -0.05) is 4.49 Å². The topological polar surface area (TPSA) is 47.0 Å². The Hall–Kier alpha value is -0.680. The molecule has 0 aliphatic rings. The summed E-state index contributed by atoms with van der Waals surface area (Å²) in [5.74, 6) is 0. The summed E-state index contributed by atoms with van der Waals surface area (Å²) in [7, 11) is 1.86. The van der Waals surface area contributed by atoms with Crippen LogP contribution < -0.4 is 5.32 Å². The second-order valence-electron chi connectivity index (χ2n) is 2.66. The van der Waals surface area contributed by atoms with E-state index >= 15 is 0 Å². The minimum Gasteiger partial charge on any atom is -0.377 e. The molecule has 12 heavy (non-hydrogen) atoms. The fourth-order valence-electron chi connectivity index (χ4n) is 0.739. The Kier molecular flexibility index (Phi) is 3.43. The van der Waals surface area contributed by atoms with Gasteiger partial charge < -0.3 is 10.1 Å². The van der Waals surface area contributed by atoms with Gasteiger partial charge in [-0.05, 0) is 13.8 Å². The summed E-state index contributed by atoms with van der Waals surface area (Å²) < 4.78 is 9.21. The molecule has 1 aromatic rings. The first-order valence-electron chi connectivity index (χ1n) is 3.84. The molecular formula is C7H13N3OS. The van der Waals surface area contributed by atoms with E-state index in [1.165, 1.54) is 11.5 Å². The van der Waals surface area contributed by atoms with Crippen LogP contribution in [0.1, 0.15) is 19.5 Å². The lowest BCUT2D eigenvalue weighted by Crippen LogP contribution is -2.04. The van der Waals surface area contributed by atoms with Crippen molar-refractivity contribution in [3.63, 3.8) is 0 Å². The summed E-state index contributed by atoms with van der Waals surface area (Å²) in [5.41, 5.74) is 0.885. The highest BCUT2D eigenvalue weighted by molar-refractivity contribution is 7.10. The Balaban J connectivity index is 2.50. The van der Waals surface area contributed by atoms with Crippen LogP contribution in [-0.2, 0) is 11.3 Å². The van der Waals surface area contributed by atoms with Gasteiger partial charge in [-0.15, -0.1) is 5.10 Å². The standard InChI is InChI=1S/C7H13N3OS/c1-5(2)11-4-6-7(8-3)12-10-9-6/h5,8H,4H2,1-3H3. The van der Waals surface area contributed by atoms with Gasteiger partial charge in [-0.3, -0.25) is 0 Å². The lowest BCUT2D eigenvalue weighted by atomic mass is 10.4. The van der Waals surface area contributed by atoms with Crippen LogP contribution in [0.25, 0.3) is 0 Å². The van der Waals surface area contributed by atoms with Crippen LogP contribution in [0.3, 0.4) is 0 Å². The second-order valence-corrected chi connectivity index (χ2v) is 3.41. The first-order chi connectivity index (χ1) is 5.74. The molecule has 0 spiro atoms. The number of anilines is 1. The van der Waals surface area contributed by atoms with E-state index < -0.39 is 0 Å². The molecule has 0 fully saturated rings. The van der Waals surface area contributed by atoms with E-state index in [0.717, 1.165) is 10.7 Å². The predicted octanol–water partition coefficient (Wildman–Crippen LogP) is 1.50. The monoisotopic (exact) mass is 187 g/mol. The number of rotatable bonds is 4. The van der Waals surface area contributed by atoms with Gasteiger partial charge in [0, 0.05) is 18.6 Å². The van der Waals surface area contributed by atoms with Crippen LogP contribution in [0.2, 0.25) is 0 Å². The zero-order valence-corrected chi connectivity index (χ0v) is 8.31. The van der Waals surface area contributed by atoms with Crippen LogP contribution in [0.5, 0.6) is 0 Å². The van der Waals surface area contributed by atoms with Crippen molar-refractivity contribution in [3.05, 3.63) is 5.69 Å². The van der Waals surface area contributed by atoms with Crippen molar-refractivity contribution in [1.82, 2.24) is 9.59 Å². The molecule has 0 amide bonds. The number of ether oxygens (including phenoxy) is 1. The summed E-state index contributed by atoms with van der Waals surface area (Å²) in [6.07, 6.45) is 0.233. The summed E-state index contributed by atoms with van der Waals surface area (Å²) in [6, 6.07) is 0. The average molecular weight is 187 g/mol. The van der Waals surface area contributed by atoms with Crippen LogP contribution in [0.15, 0.2) is 0 Å². The van der Waals surface area contributed by atoms with Gasteiger partial charge in [0.15, 0.2) is 0 Å². The number of nitrogens with one attached hydrogen (secondary N) is 1. The molecule has 0 aliphatic heterocycles. The van der Waals surface area contributed by atoms with Gasteiger partial charge in [0.2, 0.25) is 0 Å². The maximum atomic E-state index is 5.39. The SMILES string of the molecule is CNc1snnc1COC(C)C. The average Bonchev–Trinajstić information content (AvgIpc) is 2.47. The zero-order chi connectivity index (χ0) is 8.97. The van der Waals surface area contributed by atoms with Crippen molar-refractivity contribution in [2.75, 3.05) is 12.4 Å². The van der Waals surface area contributed by atoms with Gasteiger partial charge >= 0.3 is 0 Å². The van der Waals surface area contributed by atoms with E-state index in [9.17, 15) is 0 Å². The number of aromatic nitrogens is 2. The molecular weight excluding hydrogens is 174 g/mol. The molecule has 1 aromatic heterocycles. The molecule has 0 radical (unpaired) electrons. The Bertz CT molecular complexity index is 236. The largest absolute Gasteiger partial charge is 0.377 e. The van der Waals surface area contributed by atoms with Gasteiger partial charge in [0.25, 0.3) is 0 Å². The summed E-state index contributed by atoms with van der Waals surface area (Å²) in [6.45, 7) is 4.53. The molecule has 0 unspecified atom stereocenters. The lowest BCUT2D eigenvalue weighted by Gasteiger charge is -2.05. The summed E-state index contributed by atoms with van der Waals surface area (Å²) >= 11 is 1.35. The molecule has 1 N–H and O–H groups in total. The van der Waals surface area contributed by atoms with Crippen molar-refractivity contribution in [1.29, 1.82) is 0 Å². The highest BCUT2D eigenvalue weighted by Crippen LogP contribution is 2.17. The molecule has 1 heterocycles. The number of hydrogen-bond acceptors (Lipinski definition) is 5. The summed E-state index contributed by atoms with van der Waals surface area (Å²) in [4.78, 5) is 0. The molecule has 4 nitrogen and oxygen atoms in total. The van der Waals surface area contributed by atoms with E-state index in [1.807, 2.05) is 20.9 Å². The highest BCUT2D eigenvalue weighted by Gasteiger charge is 2.06. The first-order valence-corrected chi connectivity index (χ1v) is 4.62. The van der Waals surface area contributed by atoms with Crippen molar-refractivity contribution in [3.8, 4) is 0 Å². The molecule has 0 aromatic carbocycles. The molecule has 68 valence electrons. The lowest BCUT2D eigenvalue weighted by molar-refractivity contribution is 0.0639. The smallest absolute Gasteiger partial charge is 0.135 e. The van der Waals surface area contributed by atoms with Crippen molar-refractivity contribution < 1.29 is 4.74 Å².